The predicted molar refractivity (Wildman–Crippen MR) is 72.0 cm³/mol. The van der Waals surface area contributed by atoms with Gasteiger partial charge in [0.2, 0.25) is 5.13 Å². The highest BCUT2D eigenvalue weighted by Gasteiger charge is 2.34. The Morgan fingerprint density at radius 3 is 3.22 bits per heavy atom. The van der Waals surface area contributed by atoms with Gasteiger partial charge >= 0.3 is 0 Å². The minimum atomic E-state index is 0.0540. The standard InChI is InChI=1S/C12H20N4OS/c1-8(2)13-12-14-11(15-18-12)10-6-16-5-3-4-9(16)7-17-10/h8-10H,3-7H2,1-2H3,(H,13,14,15). The summed E-state index contributed by atoms with van der Waals surface area (Å²) in [6, 6.07) is 1.02. The summed E-state index contributed by atoms with van der Waals surface area (Å²) in [5.41, 5.74) is 0. The molecule has 0 aliphatic carbocycles. The molecule has 2 unspecified atom stereocenters. The van der Waals surface area contributed by atoms with Gasteiger partial charge in [0.25, 0.3) is 0 Å². The Labute approximate surface area is 112 Å². The van der Waals surface area contributed by atoms with Crippen molar-refractivity contribution < 1.29 is 4.74 Å². The molecule has 0 spiro atoms. The maximum atomic E-state index is 5.91. The highest BCUT2D eigenvalue weighted by molar-refractivity contribution is 7.09. The van der Waals surface area contributed by atoms with Crippen LogP contribution in [-0.4, -0.2) is 46.0 Å². The number of ether oxygens (including phenoxy) is 1. The Kier molecular flexibility index (Phi) is 3.50. The lowest BCUT2D eigenvalue weighted by Gasteiger charge is -2.33. The molecule has 5 nitrogen and oxygen atoms in total. The van der Waals surface area contributed by atoms with E-state index < -0.39 is 0 Å². The average Bonchev–Trinajstić information content (AvgIpc) is 2.95. The molecule has 2 aliphatic rings. The molecule has 0 saturated carbocycles. The van der Waals surface area contributed by atoms with Gasteiger partial charge in [0.05, 0.1) is 6.61 Å². The van der Waals surface area contributed by atoms with Crippen LogP contribution in [0.4, 0.5) is 5.13 Å². The molecule has 0 radical (unpaired) electrons. The largest absolute Gasteiger partial charge is 0.367 e. The van der Waals surface area contributed by atoms with E-state index in [1.807, 2.05) is 0 Å². The molecule has 3 heterocycles. The van der Waals surface area contributed by atoms with E-state index in [4.69, 9.17) is 4.74 Å². The summed E-state index contributed by atoms with van der Waals surface area (Å²) in [6.07, 6.45) is 2.63. The molecule has 2 fully saturated rings. The van der Waals surface area contributed by atoms with Gasteiger partial charge in [-0.05, 0) is 33.2 Å². The fourth-order valence-corrected chi connectivity index (χ4v) is 3.41. The normalized spacial score (nSPS) is 28.6. The zero-order valence-corrected chi connectivity index (χ0v) is 11.7. The van der Waals surface area contributed by atoms with E-state index >= 15 is 0 Å². The number of fused-ring (bicyclic) bond motifs is 1. The van der Waals surface area contributed by atoms with Crippen molar-refractivity contribution in [3.63, 3.8) is 0 Å². The summed E-state index contributed by atoms with van der Waals surface area (Å²) < 4.78 is 10.3. The lowest BCUT2D eigenvalue weighted by atomic mass is 10.2. The topological polar surface area (TPSA) is 50.3 Å². The van der Waals surface area contributed by atoms with Crippen molar-refractivity contribution in [3.8, 4) is 0 Å². The average molecular weight is 268 g/mol. The van der Waals surface area contributed by atoms with Crippen LogP contribution < -0.4 is 5.32 Å². The van der Waals surface area contributed by atoms with Crippen LogP contribution in [0.5, 0.6) is 0 Å². The molecule has 0 aromatic carbocycles. The van der Waals surface area contributed by atoms with Crippen LogP contribution in [0.25, 0.3) is 0 Å². The van der Waals surface area contributed by atoms with Crippen molar-refractivity contribution in [2.45, 2.75) is 44.9 Å². The molecule has 2 aliphatic heterocycles. The van der Waals surface area contributed by atoms with Crippen LogP contribution in [-0.2, 0) is 4.74 Å². The van der Waals surface area contributed by atoms with Crippen LogP contribution in [0.15, 0.2) is 0 Å². The number of rotatable bonds is 3. The van der Waals surface area contributed by atoms with E-state index in [0.717, 1.165) is 24.1 Å². The van der Waals surface area contributed by atoms with Gasteiger partial charge in [0.15, 0.2) is 5.82 Å². The van der Waals surface area contributed by atoms with Crippen LogP contribution in [0.2, 0.25) is 0 Å². The maximum Gasteiger partial charge on any atom is 0.202 e. The monoisotopic (exact) mass is 268 g/mol. The Hall–Kier alpha value is -0.720. The summed E-state index contributed by atoms with van der Waals surface area (Å²) in [5, 5.41) is 4.18. The van der Waals surface area contributed by atoms with E-state index in [1.54, 1.807) is 0 Å². The minimum Gasteiger partial charge on any atom is -0.367 e. The van der Waals surface area contributed by atoms with E-state index in [1.165, 1.54) is 30.9 Å². The van der Waals surface area contributed by atoms with Gasteiger partial charge in [-0.25, -0.2) is 4.98 Å². The zero-order valence-electron chi connectivity index (χ0n) is 10.9. The van der Waals surface area contributed by atoms with E-state index in [9.17, 15) is 0 Å². The molecule has 100 valence electrons. The van der Waals surface area contributed by atoms with Crippen LogP contribution in [0, 0.1) is 0 Å². The van der Waals surface area contributed by atoms with Crippen LogP contribution in [0.3, 0.4) is 0 Å². The highest BCUT2D eigenvalue weighted by atomic mass is 32.1. The fourth-order valence-electron chi connectivity index (χ4n) is 2.64. The molecule has 1 N–H and O–H groups in total. The number of aromatic nitrogens is 2. The van der Waals surface area contributed by atoms with Crippen molar-refractivity contribution in [2.24, 2.45) is 0 Å². The van der Waals surface area contributed by atoms with Gasteiger partial charge in [-0.2, -0.15) is 4.37 Å². The smallest absolute Gasteiger partial charge is 0.202 e. The molecule has 2 saturated heterocycles. The molecule has 1 aromatic rings. The lowest BCUT2D eigenvalue weighted by Crippen LogP contribution is -2.42. The molecule has 2 atom stereocenters. The number of morpholine rings is 1. The lowest BCUT2D eigenvalue weighted by molar-refractivity contribution is -0.0535. The van der Waals surface area contributed by atoms with Gasteiger partial charge in [0, 0.05) is 30.2 Å². The Morgan fingerprint density at radius 1 is 1.50 bits per heavy atom. The third kappa shape index (κ3) is 2.50. The summed E-state index contributed by atoms with van der Waals surface area (Å²) in [4.78, 5) is 7.05. The first kappa shape index (κ1) is 12.3. The molecule has 0 bridgehead atoms. The van der Waals surface area contributed by atoms with Crippen molar-refractivity contribution in [3.05, 3.63) is 5.82 Å². The quantitative estimate of drug-likeness (QED) is 0.907. The van der Waals surface area contributed by atoms with Crippen molar-refractivity contribution in [1.82, 2.24) is 14.3 Å². The van der Waals surface area contributed by atoms with Crippen molar-refractivity contribution >= 4 is 16.7 Å². The number of nitrogens with one attached hydrogen (secondary N) is 1. The van der Waals surface area contributed by atoms with Gasteiger partial charge in [0.1, 0.15) is 6.10 Å². The Bertz CT molecular complexity index is 409. The Balaban J connectivity index is 1.65. The van der Waals surface area contributed by atoms with E-state index in [2.05, 4.69) is 33.4 Å². The van der Waals surface area contributed by atoms with Crippen LogP contribution in [0.1, 0.15) is 38.6 Å². The molecule has 6 heteroatoms. The number of anilines is 1. The first-order chi connectivity index (χ1) is 8.72. The molecular weight excluding hydrogens is 248 g/mol. The summed E-state index contributed by atoms with van der Waals surface area (Å²) in [5.74, 6) is 0.841. The van der Waals surface area contributed by atoms with E-state index in [0.29, 0.717) is 12.1 Å². The summed E-state index contributed by atoms with van der Waals surface area (Å²) in [7, 11) is 0. The zero-order chi connectivity index (χ0) is 12.5. The van der Waals surface area contributed by atoms with Gasteiger partial charge in [-0.3, -0.25) is 4.90 Å². The van der Waals surface area contributed by atoms with Crippen molar-refractivity contribution in [1.29, 1.82) is 0 Å². The summed E-state index contributed by atoms with van der Waals surface area (Å²) >= 11 is 1.43. The molecule has 18 heavy (non-hydrogen) atoms. The van der Waals surface area contributed by atoms with Crippen LogP contribution >= 0.6 is 11.5 Å². The third-order valence-electron chi connectivity index (χ3n) is 3.53. The third-order valence-corrected chi connectivity index (χ3v) is 4.19. The number of hydrogen-bond donors (Lipinski definition) is 1. The maximum absolute atomic E-state index is 5.91. The van der Waals surface area contributed by atoms with Gasteiger partial charge in [-0.1, -0.05) is 0 Å². The van der Waals surface area contributed by atoms with E-state index in [-0.39, 0.29) is 6.10 Å². The fraction of sp³-hybridized carbons (Fsp3) is 0.833. The summed E-state index contributed by atoms with van der Waals surface area (Å²) in [6.45, 7) is 7.19. The molecule has 3 rings (SSSR count). The first-order valence-corrected chi connectivity index (χ1v) is 7.45. The first-order valence-electron chi connectivity index (χ1n) is 6.68. The second-order valence-electron chi connectivity index (χ2n) is 5.37. The number of nitrogens with zero attached hydrogens (tertiary/aromatic N) is 3. The number of hydrogen-bond acceptors (Lipinski definition) is 6. The van der Waals surface area contributed by atoms with Gasteiger partial charge < -0.3 is 10.1 Å². The van der Waals surface area contributed by atoms with Crippen molar-refractivity contribution in [2.75, 3.05) is 25.0 Å². The predicted octanol–water partition coefficient (Wildman–Crippen LogP) is 1.89. The second-order valence-corrected chi connectivity index (χ2v) is 6.12. The molecule has 0 amide bonds. The Morgan fingerprint density at radius 2 is 2.39 bits per heavy atom. The highest BCUT2D eigenvalue weighted by Crippen LogP contribution is 2.30. The van der Waals surface area contributed by atoms with Gasteiger partial charge in [-0.15, -0.1) is 0 Å². The molecular formula is C12H20N4OS. The molecule has 1 aromatic heterocycles. The SMILES string of the molecule is CC(C)Nc1nc(C2CN3CCCC3CO2)ns1. The second kappa shape index (κ2) is 5.11. The minimum absolute atomic E-state index is 0.0540.